The maximum absolute atomic E-state index is 11.4. The zero-order valence-electron chi connectivity index (χ0n) is 9.21. The number of nitrogens with two attached hydrogens (primary N) is 1. The van der Waals surface area contributed by atoms with Gasteiger partial charge < -0.3 is 11.1 Å². The van der Waals surface area contributed by atoms with Crippen molar-refractivity contribution in [3.63, 3.8) is 0 Å². The fourth-order valence-electron chi connectivity index (χ4n) is 1.23. The van der Waals surface area contributed by atoms with E-state index in [1.54, 1.807) is 0 Å². The maximum atomic E-state index is 11.4. The molecule has 0 unspecified atom stereocenters. The molecule has 4 N–H and O–H groups in total. The second kappa shape index (κ2) is 5.50. The van der Waals surface area contributed by atoms with Crippen LogP contribution in [0.15, 0.2) is 6.07 Å². The van der Waals surface area contributed by atoms with Gasteiger partial charge in [-0.15, -0.1) is 0 Å². The minimum atomic E-state index is -0.462. The van der Waals surface area contributed by atoms with E-state index in [0.29, 0.717) is 12.2 Å². The normalized spacial score (nSPS) is 12.5. The molecule has 0 aliphatic carbocycles. The molecule has 5 nitrogen and oxygen atoms in total. The van der Waals surface area contributed by atoms with Crippen molar-refractivity contribution in [3.05, 3.63) is 11.8 Å². The predicted octanol–water partition coefficient (Wildman–Crippen LogP) is 1.04. The summed E-state index contributed by atoms with van der Waals surface area (Å²) < 4.78 is 0. The molecule has 0 saturated carbocycles. The number of aromatic amines is 1. The van der Waals surface area contributed by atoms with E-state index in [1.807, 2.05) is 13.0 Å². The first-order valence-electron chi connectivity index (χ1n) is 5.28. The Labute approximate surface area is 89.4 Å². The number of carbonyl (C=O) groups excluding carboxylic acids is 1. The number of aromatic nitrogens is 2. The molecule has 1 atom stereocenters. The molecule has 0 bridgehead atoms. The van der Waals surface area contributed by atoms with Gasteiger partial charge in [0.15, 0.2) is 5.82 Å². The standard InChI is InChI=1S/C10H18N4O/c1-3-5-7-6-9(14-13-7)12-10(15)8(11)4-2/h6,8H,3-5,11H2,1-2H3,(H2,12,13,14,15)/t8-/m0/s1. The molecule has 1 aromatic heterocycles. The summed E-state index contributed by atoms with van der Waals surface area (Å²) in [6.45, 7) is 3.96. The number of nitrogens with zero attached hydrogens (tertiary/aromatic N) is 1. The third-order valence-corrected chi connectivity index (χ3v) is 2.18. The molecule has 1 amide bonds. The van der Waals surface area contributed by atoms with Gasteiger partial charge >= 0.3 is 0 Å². The van der Waals surface area contributed by atoms with Crippen LogP contribution in [0, 0.1) is 0 Å². The summed E-state index contributed by atoms with van der Waals surface area (Å²) in [5.41, 5.74) is 6.61. The van der Waals surface area contributed by atoms with Gasteiger partial charge in [0.25, 0.3) is 0 Å². The van der Waals surface area contributed by atoms with Gasteiger partial charge in [-0.25, -0.2) is 0 Å². The first-order chi connectivity index (χ1) is 7.17. The van der Waals surface area contributed by atoms with E-state index in [-0.39, 0.29) is 5.91 Å². The molecule has 15 heavy (non-hydrogen) atoms. The molecule has 84 valence electrons. The Kier molecular flexibility index (Phi) is 4.30. The third kappa shape index (κ3) is 3.36. The van der Waals surface area contributed by atoms with Crippen molar-refractivity contribution >= 4 is 11.7 Å². The number of H-pyrrole nitrogens is 1. The lowest BCUT2D eigenvalue weighted by Gasteiger charge is -2.06. The monoisotopic (exact) mass is 210 g/mol. The Morgan fingerprint density at radius 1 is 1.67 bits per heavy atom. The maximum Gasteiger partial charge on any atom is 0.242 e. The molecule has 1 aromatic rings. The number of carbonyl (C=O) groups is 1. The Morgan fingerprint density at radius 2 is 2.40 bits per heavy atom. The summed E-state index contributed by atoms with van der Waals surface area (Å²) in [4.78, 5) is 11.4. The van der Waals surface area contributed by atoms with Crippen molar-refractivity contribution in [3.8, 4) is 0 Å². The molecule has 0 saturated heterocycles. The van der Waals surface area contributed by atoms with Crippen molar-refractivity contribution in [2.24, 2.45) is 5.73 Å². The highest BCUT2D eigenvalue weighted by Crippen LogP contribution is 2.07. The van der Waals surface area contributed by atoms with E-state index in [2.05, 4.69) is 22.4 Å². The number of hydrogen-bond acceptors (Lipinski definition) is 3. The van der Waals surface area contributed by atoms with Gasteiger partial charge in [-0.3, -0.25) is 9.89 Å². The summed E-state index contributed by atoms with van der Waals surface area (Å²) >= 11 is 0. The lowest BCUT2D eigenvalue weighted by molar-refractivity contribution is -0.117. The highest BCUT2D eigenvalue weighted by atomic mass is 16.2. The largest absolute Gasteiger partial charge is 0.320 e. The van der Waals surface area contributed by atoms with Gasteiger partial charge in [0.05, 0.1) is 6.04 Å². The fourth-order valence-corrected chi connectivity index (χ4v) is 1.23. The van der Waals surface area contributed by atoms with Crippen LogP contribution in [-0.2, 0) is 11.2 Å². The van der Waals surface area contributed by atoms with E-state index < -0.39 is 6.04 Å². The predicted molar refractivity (Wildman–Crippen MR) is 59.5 cm³/mol. The molecular formula is C10H18N4O. The van der Waals surface area contributed by atoms with E-state index in [9.17, 15) is 4.79 Å². The summed E-state index contributed by atoms with van der Waals surface area (Å²) in [5, 5.41) is 9.51. The molecular weight excluding hydrogens is 192 g/mol. The van der Waals surface area contributed by atoms with E-state index in [0.717, 1.165) is 18.5 Å². The molecule has 0 aliphatic rings. The van der Waals surface area contributed by atoms with Crippen molar-refractivity contribution < 1.29 is 4.79 Å². The van der Waals surface area contributed by atoms with Gasteiger partial charge in [-0.1, -0.05) is 20.3 Å². The minimum Gasteiger partial charge on any atom is -0.320 e. The second-order valence-electron chi connectivity index (χ2n) is 3.53. The number of anilines is 1. The topological polar surface area (TPSA) is 83.8 Å². The summed E-state index contributed by atoms with van der Waals surface area (Å²) in [7, 11) is 0. The van der Waals surface area contributed by atoms with Crippen molar-refractivity contribution in [2.45, 2.75) is 39.2 Å². The fraction of sp³-hybridized carbons (Fsp3) is 0.600. The molecule has 0 aromatic carbocycles. The van der Waals surface area contributed by atoms with Gasteiger partial charge in [-0.05, 0) is 12.8 Å². The molecule has 0 spiro atoms. The average Bonchev–Trinajstić information content (AvgIpc) is 2.65. The number of amides is 1. The highest BCUT2D eigenvalue weighted by Gasteiger charge is 2.12. The van der Waals surface area contributed by atoms with Crippen molar-refractivity contribution in [1.82, 2.24) is 10.2 Å². The van der Waals surface area contributed by atoms with Crippen LogP contribution < -0.4 is 11.1 Å². The Bertz CT molecular complexity index is 321. The number of rotatable bonds is 5. The minimum absolute atomic E-state index is 0.188. The summed E-state index contributed by atoms with van der Waals surface area (Å²) in [6.07, 6.45) is 2.60. The summed E-state index contributed by atoms with van der Waals surface area (Å²) in [5.74, 6) is 0.361. The lowest BCUT2D eigenvalue weighted by atomic mass is 10.2. The van der Waals surface area contributed by atoms with Gasteiger partial charge in [-0.2, -0.15) is 5.10 Å². The summed E-state index contributed by atoms with van der Waals surface area (Å²) in [6, 6.07) is 1.38. The smallest absolute Gasteiger partial charge is 0.242 e. The highest BCUT2D eigenvalue weighted by molar-refractivity contribution is 5.93. The molecule has 0 aliphatic heterocycles. The molecule has 0 radical (unpaired) electrons. The quantitative estimate of drug-likeness (QED) is 0.679. The van der Waals surface area contributed by atoms with Crippen LogP contribution in [0.25, 0.3) is 0 Å². The average molecular weight is 210 g/mol. The second-order valence-corrected chi connectivity index (χ2v) is 3.53. The van der Waals surface area contributed by atoms with E-state index in [4.69, 9.17) is 5.73 Å². The Hall–Kier alpha value is -1.36. The number of hydrogen-bond donors (Lipinski definition) is 3. The first kappa shape index (κ1) is 11.7. The van der Waals surface area contributed by atoms with Crippen LogP contribution in [0.3, 0.4) is 0 Å². The zero-order chi connectivity index (χ0) is 11.3. The molecule has 1 rings (SSSR count). The number of aryl methyl sites for hydroxylation is 1. The van der Waals surface area contributed by atoms with Gasteiger partial charge in [0, 0.05) is 11.8 Å². The molecule has 0 fully saturated rings. The van der Waals surface area contributed by atoms with Crippen molar-refractivity contribution in [1.29, 1.82) is 0 Å². The van der Waals surface area contributed by atoms with Gasteiger partial charge in [0.1, 0.15) is 0 Å². The van der Waals surface area contributed by atoms with E-state index in [1.165, 1.54) is 0 Å². The lowest BCUT2D eigenvalue weighted by Crippen LogP contribution is -2.34. The number of nitrogens with one attached hydrogen (secondary N) is 2. The van der Waals surface area contributed by atoms with Crippen LogP contribution >= 0.6 is 0 Å². The van der Waals surface area contributed by atoms with Crippen LogP contribution in [-0.4, -0.2) is 22.1 Å². The van der Waals surface area contributed by atoms with E-state index >= 15 is 0 Å². The first-order valence-corrected chi connectivity index (χ1v) is 5.28. The van der Waals surface area contributed by atoms with Crippen LogP contribution in [0.4, 0.5) is 5.82 Å². The SMILES string of the molecule is CCCc1cc(NC(=O)[C@@H](N)CC)n[nH]1. The Balaban J connectivity index is 2.53. The van der Waals surface area contributed by atoms with Crippen molar-refractivity contribution in [2.75, 3.05) is 5.32 Å². The molecule has 1 heterocycles. The zero-order valence-corrected chi connectivity index (χ0v) is 9.21. The Morgan fingerprint density at radius 3 is 3.00 bits per heavy atom. The van der Waals surface area contributed by atoms with Crippen LogP contribution in [0.1, 0.15) is 32.4 Å². The third-order valence-electron chi connectivity index (χ3n) is 2.18. The van der Waals surface area contributed by atoms with Crippen LogP contribution in [0.5, 0.6) is 0 Å². The molecule has 5 heteroatoms. The van der Waals surface area contributed by atoms with Gasteiger partial charge in [0.2, 0.25) is 5.91 Å². The van der Waals surface area contributed by atoms with Crippen LogP contribution in [0.2, 0.25) is 0 Å².